The fraction of sp³-hybridized carbons (Fsp3) is 0.444. The van der Waals surface area contributed by atoms with E-state index >= 15 is 0 Å². The Balaban J connectivity index is 2.38. The summed E-state index contributed by atoms with van der Waals surface area (Å²) in [5.41, 5.74) is 6.88. The fourth-order valence-corrected chi connectivity index (χ4v) is 2.99. The minimum absolute atomic E-state index is 0.0124. The van der Waals surface area contributed by atoms with Gasteiger partial charge in [-0.2, -0.15) is 0 Å². The molecule has 0 unspecified atom stereocenters. The number of benzene rings is 1. The zero-order valence-corrected chi connectivity index (χ0v) is 16.5. The summed E-state index contributed by atoms with van der Waals surface area (Å²) in [6.45, 7) is 9.33. The Kier molecular flexibility index (Phi) is 5.90. The number of carbonyl (C=O) groups excluding carboxylic acids is 1. The normalized spacial score (nSPS) is 18.8. The Hall–Kier alpha value is -1.77. The van der Waals surface area contributed by atoms with Crippen LogP contribution in [-0.4, -0.2) is 40.3 Å². The van der Waals surface area contributed by atoms with Crippen LogP contribution in [0.1, 0.15) is 50.5 Å². The minimum Gasteiger partial charge on any atom is -0.478 e. The number of carbonyl (C=O) groups is 2. The number of thioether (sulfide) groups is 1. The number of aromatic carboxylic acids is 1. The van der Waals surface area contributed by atoms with Gasteiger partial charge < -0.3 is 20.1 Å². The first-order valence-electron chi connectivity index (χ1n) is 8.25. The van der Waals surface area contributed by atoms with E-state index in [-0.39, 0.29) is 10.7 Å². The SMILES string of the molecule is CC(=O)SCC(=Cc1ccc(C(=O)O)cc1N)B1OC(C)(C)C(C)(C)O1. The first-order valence-corrected chi connectivity index (χ1v) is 9.24. The molecule has 1 saturated heterocycles. The molecule has 0 aromatic heterocycles. The van der Waals surface area contributed by atoms with Crippen molar-refractivity contribution < 1.29 is 24.0 Å². The fourth-order valence-electron chi connectivity index (χ4n) is 2.40. The molecule has 3 N–H and O–H groups in total. The monoisotopic (exact) mass is 377 g/mol. The lowest BCUT2D eigenvalue weighted by Gasteiger charge is -2.32. The van der Waals surface area contributed by atoms with Gasteiger partial charge in [-0.15, -0.1) is 0 Å². The van der Waals surface area contributed by atoms with Gasteiger partial charge in [0.05, 0.1) is 16.8 Å². The molecule has 0 atom stereocenters. The van der Waals surface area contributed by atoms with Crippen molar-refractivity contribution in [1.29, 1.82) is 0 Å². The summed E-state index contributed by atoms with van der Waals surface area (Å²) in [5.74, 6) is -0.641. The van der Waals surface area contributed by atoms with Gasteiger partial charge in [-0.25, -0.2) is 4.79 Å². The highest BCUT2D eigenvalue weighted by atomic mass is 32.2. The topological polar surface area (TPSA) is 98.9 Å². The molecule has 2 rings (SSSR count). The average molecular weight is 377 g/mol. The van der Waals surface area contributed by atoms with Gasteiger partial charge in [-0.05, 0) is 50.9 Å². The van der Waals surface area contributed by atoms with E-state index in [9.17, 15) is 9.59 Å². The maximum Gasteiger partial charge on any atom is 0.491 e. The van der Waals surface area contributed by atoms with Crippen LogP contribution >= 0.6 is 11.8 Å². The molecule has 1 fully saturated rings. The van der Waals surface area contributed by atoms with E-state index in [0.717, 1.165) is 17.2 Å². The van der Waals surface area contributed by atoms with E-state index in [0.29, 0.717) is 17.0 Å². The van der Waals surface area contributed by atoms with Crippen molar-refractivity contribution in [3.8, 4) is 0 Å². The van der Waals surface area contributed by atoms with E-state index in [1.54, 1.807) is 12.1 Å². The predicted octanol–water partition coefficient (Wildman–Crippen LogP) is 3.26. The Bertz CT molecular complexity index is 744. The van der Waals surface area contributed by atoms with E-state index < -0.39 is 24.3 Å². The number of nitrogen functional groups attached to an aromatic ring is 1. The van der Waals surface area contributed by atoms with Gasteiger partial charge in [-0.1, -0.05) is 23.9 Å². The predicted molar refractivity (Wildman–Crippen MR) is 105 cm³/mol. The van der Waals surface area contributed by atoms with Crippen molar-refractivity contribution in [3.05, 3.63) is 34.8 Å². The largest absolute Gasteiger partial charge is 0.491 e. The summed E-state index contributed by atoms with van der Waals surface area (Å²) < 4.78 is 12.2. The van der Waals surface area contributed by atoms with Crippen LogP contribution in [0.3, 0.4) is 0 Å². The van der Waals surface area contributed by atoms with Crippen molar-refractivity contribution in [3.63, 3.8) is 0 Å². The minimum atomic E-state index is -1.04. The van der Waals surface area contributed by atoms with Crippen LogP contribution in [0.4, 0.5) is 5.69 Å². The van der Waals surface area contributed by atoms with E-state index in [4.69, 9.17) is 20.1 Å². The molecule has 1 heterocycles. The highest BCUT2D eigenvalue weighted by Crippen LogP contribution is 2.39. The van der Waals surface area contributed by atoms with Gasteiger partial charge in [0, 0.05) is 18.4 Å². The van der Waals surface area contributed by atoms with E-state index in [2.05, 4.69) is 0 Å². The second-order valence-corrected chi connectivity index (χ2v) is 8.39. The molecule has 0 saturated carbocycles. The first-order chi connectivity index (χ1) is 11.9. The molecule has 0 bridgehead atoms. The van der Waals surface area contributed by atoms with Crippen LogP contribution in [0.2, 0.25) is 0 Å². The molecule has 6 nitrogen and oxygen atoms in total. The molecule has 0 aliphatic carbocycles. The van der Waals surface area contributed by atoms with Crippen molar-refractivity contribution in [2.45, 2.75) is 45.8 Å². The van der Waals surface area contributed by atoms with Crippen molar-refractivity contribution in [1.82, 2.24) is 0 Å². The lowest BCUT2D eigenvalue weighted by Crippen LogP contribution is -2.41. The van der Waals surface area contributed by atoms with Crippen LogP contribution < -0.4 is 5.73 Å². The summed E-state index contributed by atoms with van der Waals surface area (Å²) >= 11 is 1.16. The Morgan fingerprint density at radius 2 is 1.81 bits per heavy atom. The maximum absolute atomic E-state index is 11.4. The van der Waals surface area contributed by atoms with Crippen LogP contribution in [0.5, 0.6) is 0 Å². The second-order valence-electron chi connectivity index (χ2n) is 7.24. The third-order valence-corrected chi connectivity index (χ3v) is 5.56. The highest BCUT2D eigenvalue weighted by Gasteiger charge is 2.52. The number of nitrogens with two attached hydrogens (primary N) is 1. The lowest BCUT2D eigenvalue weighted by molar-refractivity contribution is -0.109. The third-order valence-electron chi connectivity index (χ3n) is 4.67. The number of carboxylic acid groups (broad SMARTS) is 1. The smallest absolute Gasteiger partial charge is 0.478 e. The molecule has 0 amide bonds. The maximum atomic E-state index is 11.4. The number of hydrogen-bond donors (Lipinski definition) is 2. The van der Waals surface area contributed by atoms with Gasteiger partial charge in [-0.3, -0.25) is 4.79 Å². The number of rotatable bonds is 5. The van der Waals surface area contributed by atoms with E-state index in [1.807, 2.05) is 27.7 Å². The number of carboxylic acids is 1. The summed E-state index contributed by atoms with van der Waals surface area (Å²) in [7, 11) is -0.606. The summed E-state index contributed by atoms with van der Waals surface area (Å²) in [6, 6.07) is 4.54. The molecular formula is C18H24BNO5S. The van der Waals surface area contributed by atoms with Gasteiger partial charge in [0.1, 0.15) is 0 Å². The summed E-state index contributed by atoms with van der Waals surface area (Å²) in [4.78, 5) is 22.5. The molecule has 8 heteroatoms. The molecule has 140 valence electrons. The molecule has 26 heavy (non-hydrogen) atoms. The van der Waals surface area contributed by atoms with Crippen molar-refractivity contribution in [2.75, 3.05) is 11.5 Å². The van der Waals surface area contributed by atoms with Gasteiger partial charge in [0.15, 0.2) is 5.12 Å². The molecule has 0 radical (unpaired) electrons. The second kappa shape index (κ2) is 7.46. The zero-order valence-electron chi connectivity index (χ0n) is 15.7. The molecule has 1 aromatic carbocycles. The van der Waals surface area contributed by atoms with Crippen molar-refractivity contribution in [2.24, 2.45) is 0 Å². The Morgan fingerprint density at radius 3 is 2.27 bits per heavy atom. The van der Waals surface area contributed by atoms with Gasteiger partial charge >= 0.3 is 13.1 Å². The van der Waals surface area contributed by atoms with Crippen LogP contribution in [-0.2, 0) is 14.1 Å². The van der Waals surface area contributed by atoms with Crippen LogP contribution in [0, 0.1) is 0 Å². The van der Waals surface area contributed by atoms with Gasteiger partial charge in [0.25, 0.3) is 0 Å². The quantitative estimate of drug-likeness (QED) is 0.600. The average Bonchev–Trinajstić information content (AvgIpc) is 2.72. The molecule has 1 aliphatic heterocycles. The zero-order chi connectivity index (χ0) is 19.7. The number of hydrogen-bond acceptors (Lipinski definition) is 6. The summed E-state index contributed by atoms with van der Waals surface area (Å²) in [6.07, 6.45) is 1.80. The van der Waals surface area contributed by atoms with Crippen LogP contribution in [0.25, 0.3) is 6.08 Å². The Labute approximate surface area is 158 Å². The highest BCUT2D eigenvalue weighted by molar-refractivity contribution is 8.13. The standard InChI is InChI=1S/C18H24BNO5S/c1-11(21)26-10-14(19-24-17(2,3)18(4,5)25-19)8-12-6-7-13(16(22)23)9-15(12)20/h6-9H,10,20H2,1-5H3,(H,22,23). The molecule has 1 aliphatic rings. The summed E-state index contributed by atoms with van der Waals surface area (Å²) in [5, 5.41) is 9.05. The third kappa shape index (κ3) is 4.49. The van der Waals surface area contributed by atoms with Gasteiger partial charge in [0.2, 0.25) is 0 Å². The molecular weight excluding hydrogens is 353 g/mol. The molecule has 1 aromatic rings. The lowest BCUT2D eigenvalue weighted by atomic mass is 9.78. The van der Waals surface area contributed by atoms with Crippen molar-refractivity contribution >= 4 is 41.7 Å². The van der Waals surface area contributed by atoms with Crippen LogP contribution in [0.15, 0.2) is 23.7 Å². The van der Waals surface area contributed by atoms with E-state index in [1.165, 1.54) is 19.1 Å². The first kappa shape index (κ1) is 20.5. The number of anilines is 1. The molecule has 0 spiro atoms. The Morgan fingerprint density at radius 1 is 1.23 bits per heavy atom.